The SMILES string of the molecule is O=C(NCc1ccc(F)c(F)c1)c1ccc2ncccc2c1. The van der Waals surface area contributed by atoms with E-state index in [1.54, 1.807) is 30.5 Å². The van der Waals surface area contributed by atoms with Crippen molar-refractivity contribution in [1.29, 1.82) is 0 Å². The minimum absolute atomic E-state index is 0.126. The summed E-state index contributed by atoms with van der Waals surface area (Å²) in [5.41, 5.74) is 1.79. The number of carbonyl (C=O) groups is 1. The number of rotatable bonds is 3. The van der Waals surface area contributed by atoms with E-state index in [9.17, 15) is 13.6 Å². The first-order chi connectivity index (χ1) is 10.6. The van der Waals surface area contributed by atoms with Crippen molar-refractivity contribution in [1.82, 2.24) is 10.3 Å². The third-order valence-corrected chi connectivity index (χ3v) is 3.30. The van der Waals surface area contributed by atoms with E-state index in [0.717, 1.165) is 23.0 Å². The zero-order valence-electron chi connectivity index (χ0n) is 11.5. The lowest BCUT2D eigenvalue weighted by molar-refractivity contribution is 0.0951. The molecule has 1 aromatic heterocycles. The molecule has 1 N–H and O–H groups in total. The number of hydrogen-bond acceptors (Lipinski definition) is 2. The summed E-state index contributed by atoms with van der Waals surface area (Å²) in [6, 6.07) is 12.4. The average molecular weight is 298 g/mol. The fourth-order valence-corrected chi connectivity index (χ4v) is 2.15. The smallest absolute Gasteiger partial charge is 0.251 e. The van der Waals surface area contributed by atoms with E-state index < -0.39 is 11.6 Å². The van der Waals surface area contributed by atoms with E-state index in [4.69, 9.17) is 0 Å². The Hall–Kier alpha value is -2.82. The average Bonchev–Trinajstić information content (AvgIpc) is 2.55. The molecule has 0 unspecified atom stereocenters. The van der Waals surface area contributed by atoms with Crippen molar-refractivity contribution in [2.75, 3.05) is 0 Å². The van der Waals surface area contributed by atoms with Gasteiger partial charge in [-0.15, -0.1) is 0 Å². The van der Waals surface area contributed by atoms with Gasteiger partial charge in [-0.25, -0.2) is 8.78 Å². The molecule has 0 spiro atoms. The predicted molar refractivity (Wildman–Crippen MR) is 79.3 cm³/mol. The Morgan fingerprint density at radius 2 is 1.91 bits per heavy atom. The number of aromatic nitrogens is 1. The van der Waals surface area contributed by atoms with Gasteiger partial charge >= 0.3 is 0 Å². The molecule has 3 rings (SSSR count). The Bertz CT molecular complexity index is 849. The summed E-state index contributed by atoms with van der Waals surface area (Å²) in [6.45, 7) is 0.126. The Morgan fingerprint density at radius 1 is 1.05 bits per heavy atom. The molecule has 0 saturated heterocycles. The lowest BCUT2D eigenvalue weighted by atomic mass is 10.1. The van der Waals surface area contributed by atoms with Crippen molar-refractivity contribution < 1.29 is 13.6 Å². The maximum atomic E-state index is 13.1. The molecule has 110 valence electrons. The molecule has 0 fully saturated rings. The van der Waals surface area contributed by atoms with Gasteiger partial charge in [0.15, 0.2) is 11.6 Å². The molecule has 1 amide bonds. The Kier molecular flexibility index (Phi) is 3.78. The number of amides is 1. The van der Waals surface area contributed by atoms with Crippen molar-refractivity contribution in [2.45, 2.75) is 6.54 Å². The van der Waals surface area contributed by atoms with Crippen LogP contribution in [-0.2, 0) is 6.54 Å². The van der Waals surface area contributed by atoms with E-state index in [-0.39, 0.29) is 12.5 Å². The molecule has 2 aromatic carbocycles. The Balaban J connectivity index is 1.74. The van der Waals surface area contributed by atoms with Gasteiger partial charge < -0.3 is 5.32 Å². The van der Waals surface area contributed by atoms with E-state index in [2.05, 4.69) is 10.3 Å². The maximum Gasteiger partial charge on any atom is 0.251 e. The highest BCUT2D eigenvalue weighted by molar-refractivity contribution is 5.97. The van der Waals surface area contributed by atoms with Crippen LogP contribution >= 0.6 is 0 Å². The maximum absolute atomic E-state index is 13.1. The molecule has 0 radical (unpaired) electrons. The van der Waals surface area contributed by atoms with Gasteiger partial charge in [-0.3, -0.25) is 9.78 Å². The number of halogens is 2. The fraction of sp³-hybridized carbons (Fsp3) is 0.0588. The fourth-order valence-electron chi connectivity index (χ4n) is 2.15. The summed E-state index contributed by atoms with van der Waals surface area (Å²) in [4.78, 5) is 16.3. The van der Waals surface area contributed by atoms with E-state index in [1.165, 1.54) is 6.07 Å². The van der Waals surface area contributed by atoms with Crippen molar-refractivity contribution in [2.24, 2.45) is 0 Å². The van der Waals surface area contributed by atoms with Crippen LogP contribution in [0.5, 0.6) is 0 Å². The lowest BCUT2D eigenvalue weighted by Gasteiger charge is -2.07. The molecule has 0 atom stereocenters. The molecule has 3 nitrogen and oxygen atoms in total. The second-order valence-corrected chi connectivity index (χ2v) is 4.84. The first-order valence-electron chi connectivity index (χ1n) is 6.70. The van der Waals surface area contributed by atoms with Gasteiger partial charge in [0, 0.05) is 23.7 Å². The van der Waals surface area contributed by atoms with Crippen LogP contribution in [0.2, 0.25) is 0 Å². The molecule has 0 saturated carbocycles. The monoisotopic (exact) mass is 298 g/mol. The predicted octanol–water partition coefficient (Wildman–Crippen LogP) is 3.44. The molecule has 3 aromatic rings. The van der Waals surface area contributed by atoms with E-state index >= 15 is 0 Å². The van der Waals surface area contributed by atoms with E-state index in [0.29, 0.717) is 11.1 Å². The molecular formula is C17H12F2N2O. The van der Waals surface area contributed by atoms with Crippen molar-refractivity contribution >= 4 is 16.8 Å². The van der Waals surface area contributed by atoms with Crippen LogP contribution in [0.3, 0.4) is 0 Å². The molecule has 0 aliphatic heterocycles. The third-order valence-electron chi connectivity index (χ3n) is 3.30. The molecule has 0 aliphatic rings. The van der Waals surface area contributed by atoms with Crippen LogP contribution in [0, 0.1) is 11.6 Å². The quantitative estimate of drug-likeness (QED) is 0.805. The van der Waals surface area contributed by atoms with E-state index in [1.807, 2.05) is 6.07 Å². The summed E-state index contributed by atoms with van der Waals surface area (Å²) < 4.78 is 25.9. The summed E-state index contributed by atoms with van der Waals surface area (Å²) in [5, 5.41) is 3.54. The number of nitrogens with zero attached hydrogens (tertiary/aromatic N) is 1. The Morgan fingerprint density at radius 3 is 2.73 bits per heavy atom. The lowest BCUT2D eigenvalue weighted by Crippen LogP contribution is -2.22. The van der Waals surface area contributed by atoms with Crippen molar-refractivity contribution in [3.63, 3.8) is 0 Å². The number of hydrogen-bond donors (Lipinski definition) is 1. The summed E-state index contributed by atoms with van der Waals surface area (Å²) in [5.74, 6) is -2.11. The highest BCUT2D eigenvalue weighted by Crippen LogP contribution is 2.14. The number of pyridine rings is 1. The second-order valence-electron chi connectivity index (χ2n) is 4.84. The van der Waals surface area contributed by atoms with Crippen LogP contribution in [0.1, 0.15) is 15.9 Å². The number of carbonyl (C=O) groups excluding carboxylic acids is 1. The zero-order chi connectivity index (χ0) is 15.5. The molecule has 22 heavy (non-hydrogen) atoms. The molecule has 0 aliphatic carbocycles. The Labute approximate surface area is 125 Å². The highest BCUT2D eigenvalue weighted by atomic mass is 19.2. The van der Waals surface area contributed by atoms with Gasteiger partial charge in [0.1, 0.15) is 0 Å². The minimum atomic E-state index is -0.927. The standard InChI is InChI=1S/C17H12F2N2O/c18-14-5-3-11(8-15(14)19)10-21-17(22)13-4-6-16-12(9-13)2-1-7-20-16/h1-9H,10H2,(H,21,22). The van der Waals surface area contributed by atoms with Gasteiger partial charge in [0.25, 0.3) is 5.91 Å². The van der Waals surface area contributed by atoms with Gasteiger partial charge in [0.2, 0.25) is 0 Å². The normalized spacial score (nSPS) is 10.6. The first kappa shape index (κ1) is 14.1. The van der Waals surface area contributed by atoms with Crippen LogP contribution in [0.15, 0.2) is 54.7 Å². The zero-order valence-corrected chi connectivity index (χ0v) is 11.5. The van der Waals surface area contributed by atoms with Crippen LogP contribution in [0.25, 0.3) is 10.9 Å². The van der Waals surface area contributed by atoms with Gasteiger partial charge in [0.05, 0.1) is 5.52 Å². The van der Waals surface area contributed by atoms with Crippen molar-refractivity contribution in [3.8, 4) is 0 Å². The molecular weight excluding hydrogens is 286 g/mol. The molecule has 1 heterocycles. The number of benzene rings is 2. The number of fused-ring (bicyclic) bond motifs is 1. The second kappa shape index (κ2) is 5.89. The van der Waals surface area contributed by atoms with Crippen LogP contribution < -0.4 is 5.32 Å². The van der Waals surface area contributed by atoms with Gasteiger partial charge in [-0.05, 0) is 42.0 Å². The number of nitrogens with one attached hydrogen (secondary N) is 1. The molecule has 5 heteroatoms. The third kappa shape index (κ3) is 2.93. The topological polar surface area (TPSA) is 42.0 Å². The van der Waals surface area contributed by atoms with Crippen LogP contribution in [-0.4, -0.2) is 10.9 Å². The minimum Gasteiger partial charge on any atom is -0.348 e. The largest absolute Gasteiger partial charge is 0.348 e. The highest BCUT2D eigenvalue weighted by Gasteiger charge is 2.08. The summed E-state index contributed by atoms with van der Waals surface area (Å²) in [7, 11) is 0. The molecule has 0 bridgehead atoms. The summed E-state index contributed by atoms with van der Waals surface area (Å²) in [6.07, 6.45) is 1.69. The van der Waals surface area contributed by atoms with Gasteiger partial charge in [-0.2, -0.15) is 0 Å². The summed E-state index contributed by atoms with van der Waals surface area (Å²) >= 11 is 0. The van der Waals surface area contributed by atoms with Gasteiger partial charge in [-0.1, -0.05) is 12.1 Å². The first-order valence-corrected chi connectivity index (χ1v) is 6.70. The van der Waals surface area contributed by atoms with Crippen LogP contribution in [0.4, 0.5) is 8.78 Å². The van der Waals surface area contributed by atoms with Crippen molar-refractivity contribution in [3.05, 3.63) is 77.5 Å².